The largest absolute Gasteiger partial charge is 0.320 e. The fraction of sp³-hybridized carbons (Fsp3) is 0.273. The van der Waals surface area contributed by atoms with Crippen LogP contribution in [-0.2, 0) is 4.79 Å². The van der Waals surface area contributed by atoms with Crippen molar-refractivity contribution in [3.8, 4) is 6.07 Å². The van der Waals surface area contributed by atoms with Crippen molar-refractivity contribution < 1.29 is 4.79 Å². The molecule has 0 saturated heterocycles. The van der Waals surface area contributed by atoms with E-state index in [1.165, 1.54) is 4.90 Å². The van der Waals surface area contributed by atoms with Gasteiger partial charge in [-0.3, -0.25) is 4.79 Å². The minimum atomic E-state index is -0.568. The highest BCUT2D eigenvalue weighted by Gasteiger charge is 2.16. The van der Waals surface area contributed by atoms with Gasteiger partial charge in [-0.25, -0.2) is 0 Å². The summed E-state index contributed by atoms with van der Waals surface area (Å²) in [6.45, 7) is 1.62. The summed E-state index contributed by atoms with van der Waals surface area (Å²) in [5.41, 5.74) is 6.54. The van der Waals surface area contributed by atoms with Crippen LogP contribution in [-0.4, -0.2) is 19.0 Å². The molecular formula is C11H13N3O. The lowest BCUT2D eigenvalue weighted by Gasteiger charge is -2.20. The predicted octanol–water partition coefficient (Wildman–Crippen LogP) is 0.868. The third-order valence-corrected chi connectivity index (χ3v) is 2.11. The van der Waals surface area contributed by atoms with Crippen LogP contribution in [0, 0.1) is 11.3 Å². The summed E-state index contributed by atoms with van der Waals surface area (Å²) in [6, 6.07) is 8.39. The number of amides is 1. The minimum absolute atomic E-state index is 0.210. The van der Waals surface area contributed by atoms with Crippen molar-refractivity contribution in [2.45, 2.75) is 13.0 Å². The van der Waals surface area contributed by atoms with Crippen molar-refractivity contribution in [1.29, 1.82) is 5.26 Å². The van der Waals surface area contributed by atoms with Gasteiger partial charge >= 0.3 is 0 Å². The molecule has 1 unspecified atom stereocenters. The van der Waals surface area contributed by atoms with E-state index in [-0.39, 0.29) is 5.91 Å². The van der Waals surface area contributed by atoms with Gasteiger partial charge in [0, 0.05) is 7.05 Å². The number of nitrogens with two attached hydrogens (primary N) is 1. The van der Waals surface area contributed by atoms with Crippen LogP contribution < -0.4 is 10.6 Å². The Hall–Kier alpha value is -1.86. The maximum absolute atomic E-state index is 11.6. The molecule has 1 aromatic carbocycles. The van der Waals surface area contributed by atoms with Gasteiger partial charge in [0.25, 0.3) is 0 Å². The monoisotopic (exact) mass is 203 g/mol. The lowest BCUT2D eigenvalue weighted by molar-refractivity contribution is -0.119. The Labute approximate surface area is 88.9 Å². The van der Waals surface area contributed by atoms with Gasteiger partial charge < -0.3 is 10.6 Å². The van der Waals surface area contributed by atoms with Crippen LogP contribution in [0.5, 0.6) is 0 Å². The zero-order chi connectivity index (χ0) is 11.4. The van der Waals surface area contributed by atoms with Crippen molar-refractivity contribution in [2.75, 3.05) is 11.9 Å². The molecular weight excluding hydrogens is 190 g/mol. The first-order valence-electron chi connectivity index (χ1n) is 4.60. The topological polar surface area (TPSA) is 70.1 Å². The van der Waals surface area contributed by atoms with E-state index in [0.29, 0.717) is 11.3 Å². The van der Waals surface area contributed by atoms with E-state index in [1.807, 2.05) is 6.07 Å². The Bertz CT molecular complexity index is 407. The van der Waals surface area contributed by atoms with Crippen LogP contribution in [0.15, 0.2) is 24.3 Å². The molecule has 1 atom stereocenters. The summed E-state index contributed by atoms with van der Waals surface area (Å²) in [6.07, 6.45) is 0. The average molecular weight is 203 g/mol. The van der Waals surface area contributed by atoms with Crippen LogP contribution in [0.25, 0.3) is 0 Å². The standard InChI is InChI=1S/C11H13N3O/c1-8(13)11(15)14(2)10-6-4-3-5-9(10)7-12/h3-6,8H,13H2,1-2H3. The van der Waals surface area contributed by atoms with E-state index in [9.17, 15) is 4.79 Å². The van der Waals surface area contributed by atoms with Crippen LogP contribution in [0.2, 0.25) is 0 Å². The molecule has 0 aromatic heterocycles. The molecule has 0 radical (unpaired) electrons. The second-order valence-corrected chi connectivity index (χ2v) is 3.31. The number of carbonyl (C=O) groups excluding carboxylic acids is 1. The molecule has 0 bridgehead atoms. The molecule has 15 heavy (non-hydrogen) atoms. The molecule has 1 aromatic rings. The number of anilines is 1. The fourth-order valence-electron chi connectivity index (χ4n) is 1.28. The summed E-state index contributed by atoms with van der Waals surface area (Å²) in [4.78, 5) is 13.0. The Morgan fingerprint density at radius 1 is 1.53 bits per heavy atom. The second kappa shape index (κ2) is 4.58. The van der Waals surface area contributed by atoms with Crippen LogP contribution >= 0.6 is 0 Å². The molecule has 4 nitrogen and oxygen atoms in total. The number of para-hydroxylation sites is 1. The van der Waals surface area contributed by atoms with Crippen molar-refractivity contribution in [3.63, 3.8) is 0 Å². The summed E-state index contributed by atoms with van der Waals surface area (Å²) in [5, 5.41) is 8.87. The van der Waals surface area contributed by atoms with Gasteiger partial charge in [0.1, 0.15) is 6.07 Å². The highest BCUT2D eigenvalue weighted by atomic mass is 16.2. The number of benzene rings is 1. The summed E-state index contributed by atoms with van der Waals surface area (Å²) in [5.74, 6) is -0.210. The van der Waals surface area contributed by atoms with Crippen molar-refractivity contribution >= 4 is 11.6 Å². The van der Waals surface area contributed by atoms with Crippen molar-refractivity contribution in [2.24, 2.45) is 5.73 Å². The molecule has 4 heteroatoms. The minimum Gasteiger partial charge on any atom is -0.320 e. The summed E-state index contributed by atoms with van der Waals surface area (Å²) < 4.78 is 0. The van der Waals surface area contributed by atoms with E-state index in [4.69, 9.17) is 11.0 Å². The number of rotatable bonds is 2. The molecule has 0 spiro atoms. The number of carbonyl (C=O) groups is 1. The Morgan fingerprint density at radius 3 is 2.67 bits per heavy atom. The maximum atomic E-state index is 11.6. The summed E-state index contributed by atoms with van der Waals surface area (Å²) >= 11 is 0. The Balaban J connectivity index is 3.07. The van der Waals surface area contributed by atoms with Gasteiger partial charge in [-0.05, 0) is 19.1 Å². The fourth-order valence-corrected chi connectivity index (χ4v) is 1.28. The molecule has 0 fully saturated rings. The Morgan fingerprint density at radius 2 is 2.13 bits per heavy atom. The SMILES string of the molecule is CC(N)C(=O)N(C)c1ccccc1C#N. The van der Waals surface area contributed by atoms with E-state index in [0.717, 1.165) is 0 Å². The average Bonchev–Trinajstić information content (AvgIpc) is 2.26. The molecule has 2 N–H and O–H groups in total. The van der Waals surface area contributed by atoms with Crippen LogP contribution in [0.4, 0.5) is 5.69 Å². The van der Waals surface area contributed by atoms with E-state index in [2.05, 4.69) is 0 Å². The number of likely N-dealkylation sites (N-methyl/N-ethyl adjacent to an activating group) is 1. The maximum Gasteiger partial charge on any atom is 0.243 e. The Kier molecular flexibility index (Phi) is 3.42. The number of nitriles is 1. The van der Waals surface area contributed by atoms with Gasteiger partial charge in [-0.2, -0.15) is 5.26 Å². The first-order valence-corrected chi connectivity index (χ1v) is 4.60. The molecule has 0 aliphatic carbocycles. The van der Waals surface area contributed by atoms with E-state index < -0.39 is 6.04 Å². The molecule has 78 valence electrons. The molecule has 1 rings (SSSR count). The highest BCUT2D eigenvalue weighted by molar-refractivity contribution is 5.97. The third kappa shape index (κ3) is 2.33. The second-order valence-electron chi connectivity index (χ2n) is 3.31. The number of hydrogen-bond acceptors (Lipinski definition) is 3. The lowest BCUT2D eigenvalue weighted by atomic mass is 10.1. The van der Waals surface area contributed by atoms with Crippen LogP contribution in [0.1, 0.15) is 12.5 Å². The zero-order valence-corrected chi connectivity index (χ0v) is 8.77. The zero-order valence-electron chi connectivity index (χ0n) is 8.77. The molecule has 0 aliphatic heterocycles. The highest BCUT2D eigenvalue weighted by Crippen LogP contribution is 2.18. The predicted molar refractivity (Wildman–Crippen MR) is 58.2 cm³/mol. The third-order valence-electron chi connectivity index (χ3n) is 2.11. The molecule has 0 heterocycles. The number of nitrogens with zero attached hydrogens (tertiary/aromatic N) is 2. The molecule has 0 saturated carbocycles. The molecule has 1 amide bonds. The number of hydrogen-bond donors (Lipinski definition) is 1. The van der Waals surface area contributed by atoms with Crippen molar-refractivity contribution in [3.05, 3.63) is 29.8 Å². The first-order chi connectivity index (χ1) is 7.07. The smallest absolute Gasteiger partial charge is 0.243 e. The van der Waals surface area contributed by atoms with Gasteiger partial charge in [0.05, 0.1) is 17.3 Å². The quantitative estimate of drug-likeness (QED) is 0.775. The van der Waals surface area contributed by atoms with Gasteiger partial charge in [-0.15, -0.1) is 0 Å². The summed E-state index contributed by atoms with van der Waals surface area (Å²) in [7, 11) is 1.61. The van der Waals surface area contributed by atoms with Gasteiger partial charge in [0.2, 0.25) is 5.91 Å². The van der Waals surface area contributed by atoms with Crippen LogP contribution in [0.3, 0.4) is 0 Å². The normalized spacial score (nSPS) is 11.6. The van der Waals surface area contributed by atoms with E-state index >= 15 is 0 Å². The first kappa shape index (κ1) is 11.2. The van der Waals surface area contributed by atoms with Gasteiger partial charge in [0.15, 0.2) is 0 Å². The van der Waals surface area contributed by atoms with Crippen molar-refractivity contribution in [1.82, 2.24) is 0 Å². The van der Waals surface area contributed by atoms with Gasteiger partial charge in [-0.1, -0.05) is 12.1 Å². The lowest BCUT2D eigenvalue weighted by Crippen LogP contribution is -2.40. The van der Waals surface area contributed by atoms with E-state index in [1.54, 1.807) is 38.2 Å². The molecule has 0 aliphatic rings.